The number of hydrogen-bond donors (Lipinski definition) is 2. The Morgan fingerprint density at radius 2 is 1.46 bits per heavy atom. The first-order chi connectivity index (χ1) is 19.8. The summed E-state index contributed by atoms with van der Waals surface area (Å²) in [5.41, 5.74) is 1.12. The number of benzene rings is 3. The molecular formula is C31H33FN2O7. The van der Waals surface area contributed by atoms with Crippen molar-refractivity contribution < 1.29 is 38.0 Å². The van der Waals surface area contributed by atoms with Gasteiger partial charge >= 0.3 is 6.03 Å². The minimum Gasteiger partial charge on any atom is -0.497 e. The molecule has 0 radical (unpaired) electrons. The number of hydrogen-bond acceptors (Lipinski definition) is 7. The number of imide groups is 1. The number of nitrogens with one attached hydrogen (secondary N) is 1. The highest BCUT2D eigenvalue weighted by Gasteiger charge is 2.51. The van der Waals surface area contributed by atoms with Crippen molar-refractivity contribution in [3.05, 3.63) is 95.6 Å². The molecule has 0 spiro atoms. The second-order valence-electron chi connectivity index (χ2n) is 10.2. The van der Waals surface area contributed by atoms with Gasteiger partial charge in [-0.15, -0.1) is 0 Å². The molecule has 41 heavy (non-hydrogen) atoms. The Kier molecular flexibility index (Phi) is 8.25. The number of amides is 3. The van der Waals surface area contributed by atoms with E-state index in [4.69, 9.17) is 18.9 Å². The van der Waals surface area contributed by atoms with Crippen molar-refractivity contribution in [2.45, 2.75) is 37.1 Å². The number of methoxy groups -OCH3 is 2. The van der Waals surface area contributed by atoms with Gasteiger partial charge in [0.1, 0.15) is 29.3 Å². The lowest BCUT2D eigenvalue weighted by atomic mass is 9.80. The second kappa shape index (κ2) is 11.9. The Labute approximate surface area is 237 Å². The number of carbonyl (C=O) groups is 2. The Bertz CT molecular complexity index is 1310. The van der Waals surface area contributed by atoms with E-state index < -0.39 is 48.1 Å². The van der Waals surface area contributed by atoms with Crippen LogP contribution >= 0.6 is 0 Å². The van der Waals surface area contributed by atoms with Crippen molar-refractivity contribution >= 4 is 11.9 Å². The molecule has 2 saturated heterocycles. The predicted molar refractivity (Wildman–Crippen MR) is 147 cm³/mol. The molecule has 3 aromatic rings. The van der Waals surface area contributed by atoms with E-state index in [9.17, 15) is 14.7 Å². The highest BCUT2D eigenvalue weighted by molar-refractivity contribution is 5.97. The number of nitrogens with zero attached hydrogens (tertiary/aromatic N) is 1. The molecule has 0 bridgehead atoms. The van der Waals surface area contributed by atoms with Crippen molar-refractivity contribution in [3.63, 3.8) is 0 Å². The summed E-state index contributed by atoms with van der Waals surface area (Å²) in [5, 5.41) is 13.1. The first kappa shape index (κ1) is 28.5. The minimum atomic E-state index is -1.90. The van der Waals surface area contributed by atoms with E-state index in [-0.39, 0.29) is 13.2 Å². The molecule has 10 heteroatoms. The Morgan fingerprint density at radius 3 is 2.00 bits per heavy atom. The largest absolute Gasteiger partial charge is 0.497 e. The normalized spacial score (nSPS) is 24.7. The van der Waals surface area contributed by atoms with Crippen LogP contribution in [0.2, 0.25) is 0 Å². The van der Waals surface area contributed by atoms with Gasteiger partial charge in [0.25, 0.3) is 0 Å². The molecule has 0 aromatic heterocycles. The number of alkyl halides is 1. The van der Waals surface area contributed by atoms with Crippen LogP contribution in [0.1, 0.15) is 23.6 Å². The number of halogens is 1. The van der Waals surface area contributed by atoms with Crippen LogP contribution in [0.5, 0.6) is 11.5 Å². The Hall–Kier alpha value is -3.99. The molecule has 3 aromatic carbocycles. The van der Waals surface area contributed by atoms with E-state index in [1.807, 2.05) is 78.9 Å². The quantitative estimate of drug-likeness (QED) is 0.383. The van der Waals surface area contributed by atoms with Crippen molar-refractivity contribution in [3.8, 4) is 11.5 Å². The van der Waals surface area contributed by atoms with E-state index >= 15 is 4.39 Å². The number of aliphatic hydroxyl groups is 1. The zero-order chi connectivity index (χ0) is 29.1. The number of urea groups is 1. The number of carbonyl (C=O) groups excluding carboxylic acids is 2. The van der Waals surface area contributed by atoms with Gasteiger partial charge in [0.05, 0.1) is 26.7 Å². The zero-order valence-corrected chi connectivity index (χ0v) is 23.0. The third-order valence-electron chi connectivity index (χ3n) is 7.65. The maximum absolute atomic E-state index is 15.4. The summed E-state index contributed by atoms with van der Waals surface area (Å²) in [7, 11) is 3.17. The molecule has 1 unspecified atom stereocenters. The molecule has 2 N–H and O–H groups in total. The standard InChI is InChI=1S/C31H33FN2O7/c1-19-17-34(30(37)33-28(19)36)29-26(32)27(35)25(41-29)18-40-31(20-7-5-4-6-8-20,21-9-13-23(38-2)14-10-21)22-11-15-24(39-3)16-12-22/h4-16,19,25-27,29,35H,17-18H2,1-3H3,(H,33,36,37)/t19?,25-,26+,27-,29-/m1/s1. The van der Waals surface area contributed by atoms with E-state index in [0.717, 1.165) is 21.6 Å². The number of ether oxygens (including phenoxy) is 4. The van der Waals surface area contributed by atoms with Crippen LogP contribution in [0.25, 0.3) is 0 Å². The molecule has 0 saturated carbocycles. The Balaban J connectivity index is 1.51. The first-order valence-corrected chi connectivity index (χ1v) is 13.4. The fraction of sp³-hybridized carbons (Fsp3) is 0.355. The fourth-order valence-electron chi connectivity index (χ4n) is 5.35. The third kappa shape index (κ3) is 5.38. The smallest absolute Gasteiger partial charge is 0.326 e. The van der Waals surface area contributed by atoms with Gasteiger partial charge in [0, 0.05) is 6.54 Å². The average molecular weight is 565 g/mol. The molecule has 2 fully saturated rings. The molecule has 5 atom stereocenters. The monoisotopic (exact) mass is 564 g/mol. The van der Waals surface area contributed by atoms with Gasteiger partial charge in [-0.1, -0.05) is 61.5 Å². The molecule has 2 aliphatic heterocycles. The van der Waals surface area contributed by atoms with Crippen molar-refractivity contribution in [2.24, 2.45) is 5.92 Å². The van der Waals surface area contributed by atoms with Gasteiger partial charge in [-0.05, 0) is 41.0 Å². The van der Waals surface area contributed by atoms with Gasteiger partial charge in [-0.3, -0.25) is 15.0 Å². The highest BCUT2D eigenvalue weighted by atomic mass is 19.1. The molecule has 2 heterocycles. The SMILES string of the molecule is COc1ccc(C(OC[C@H]2O[C@@H](N3CC(C)C(=O)NC3=O)[C@@H](F)[C@@H]2O)(c2ccccc2)c2ccc(OC)cc2)cc1. The van der Waals surface area contributed by atoms with Crippen LogP contribution in [-0.2, 0) is 19.9 Å². The van der Waals surface area contributed by atoms with Gasteiger partial charge in [0.15, 0.2) is 12.4 Å². The zero-order valence-electron chi connectivity index (χ0n) is 23.0. The summed E-state index contributed by atoms with van der Waals surface area (Å²) in [6, 6.07) is 23.6. The van der Waals surface area contributed by atoms with Crippen LogP contribution in [0.3, 0.4) is 0 Å². The molecule has 5 rings (SSSR count). The summed E-state index contributed by atoms with van der Waals surface area (Å²) in [6.45, 7) is 1.39. The maximum Gasteiger partial charge on any atom is 0.326 e. The topological polar surface area (TPSA) is 107 Å². The molecular weight excluding hydrogens is 531 g/mol. The van der Waals surface area contributed by atoms with Crippen molar-refractivity contribution in [1.29, 1.82) is 0 Å². The van der Waals surface area contributed by atoms with Crippen LogP contribution in [-0.4, -0.2) is 73.9 Å². The van der Waals surface area contributed by atoms with Crippen LogP contribution in [0, 0.1) is 5.92 Å². The summed E-state index contributed by atoms with van der Waals surface area (Å²) in [4.78, 5) is 25.5. The van der Waals surface area contributed by atoms with E-state index in [0.29, 0.717) is 11.5 Å². The molecule has 9 nitrogen and oxygen atoms in total. The van der Waals surface area contributed by atoms with Crippen LogP contribution in [0.4, 0.5) is 9.18 Å². The maximum atomic E-state index is 15.4. The molecule has 0 aliphatic carbocycles. The lowest BCUT2D eigenvalue weighted by Crippen LogP contribution is -2.59. The van der Waals surface area contributed by atoms with Crippen LogP contribution < -0.4 is 14.8 Å². The van der Waals surface area contributed by atoms with E-state index in [1.165, 1.54) is 0 Å². The molecule has 2 aliphatic rings. The fourth-order valence-corrected chi connectivity index (χ4v) is 5.35. The molecule has 3 amide bonds. The van der Waals surface area contributed by atoms with Crippen LogP contribution in [0.15, 0.2) is 78.9 Å². The summed E-state index contributed by atoms with van der Waals surface area (Å²) in [6.07, 6.45) is -5.94. The van der Waals surface area contributed by atoms with Gasteiger partial charge in [0.2, 0.25) is 5.91 Å². The lowest BCUT2D eigenvalue weighted by Gasteiger charge is -2.37. The highest BCUT2D eigenvalue weighted by Crippen LogP contribution is 2.42. The van der Waals surface area contributed by atoms with Gasteiger partial charge < -0.3 is 24.1 Å². The van der Waals surface area contributed by atoms with Crippen molar-refractivity contribution in [2.75, 3.05) is 27.4 Å². The summed E-state index contributed by atoms with van der Waals surface area (Å²) in [5.74, 6) is 0.338. The Morgan fingerprint density at radius 1 is 0.927 bits per heavy atom. The first-order valence-electron chi connectivity index (χ1n) is 13.4. The summed E-state index contributed by atoms with van der Waals surface area (Å²) >= 11 is 0. The second-order valence-corrected chi connectivity index (χ2v) is 10.2. The predicted octanol–water partition coefficient (Wildman–Crippen LogP) is 3.62. The summed E-state index contributed by atoms with van der Waals surface area (Å²) < 4.78 is 38.8. The third-order valence-corrected chi connectivity index (χ3v) is 7.65. The number of rotatable bonds is 9. The number of aliphatic hydroxyl groups excluding tert-OH is 1. The van der Waals surface area contributed by atoms with Crippen molar-refractivity contribution in [1.82, 2.24) is 10.2 Å². The molecule has 216 valence electrons. The van der Waals surface area contributed by atoms with E-state index in [2.05, 4.69) is 5.32 Å². The van der Waals surface area contributed by atoms with Gasteiger partial charge in [-0.25, -0.2) is 9.18 Å². The minimum absolute atomic E-state index is 0.0261. The lowest BCUT2D eigenvalue weighted by molar-refractivity contribution is -0.131. The van der Waals surface area contributed by atoms with Gasteiger partial charge in [-0.2, -0.15) is 0 Å². The van der Waals surface area contributed by atoms with E-state index in [1.54, 1.807) is 21.1 Å². The average Bonchev–Trinajstić information content (AvgIpc) is 3.29.